The quantitative estimate of drug-likeness (QED) is 0.175. The van der Waals surface area contributed by atoms with E-state index in [9.17, 15) is 5.48 Å². The molecule has 0 aliphatic heterocycles. The third-order valence-corrected chi connectivity index (χ3v) is 8.55. The summed E-state index contributed by atoms with van der Waals surface area (Å²) in [5.41, 5.74) is 8.77. The summed E-state index contributed by atoms with van der Waals surface area (Å²) in [6, 6.07) is 57.9. The normalized spacial score (nSPS) is 12.2. The molecule has 8 aromatic carbocycles. The van der Waals surface area contributed by atoms with Gasteiger partial charge in [-0.2, -0.15) is 0 Å². The van der Waals surface area contributed by atoms with Crippen LogP contribution in [0.2, 0.25) is 0 Å². The number of fused-ring (bicyclic) bond motifs is 1. The van der Waals surface area contributed by atoms with Gasteiger partial charge in [-0.3, -0.25) is 0 Å². The van der Waals surface area contributed by atoms with Gasteiger partial charge in [-0.1, -0.05) is 164 Å². The molecule has 0 saturated heterocycles. The Balaban J connectivity index is 1.33. The van der Waals surface area contributed by atoms with Crippen molar-refractivity contribution in [1.29, 1.82) is 0 Å². The van der Waals surface area contributed by atoms with Crippen LogP contribution in [0.1, 0.15) is 5.48 Å². The Bertz CT molecular complexity index is 2460. The van der Waals surface area contributed by atoms with Crippen molar-refractivity contribution in [3.8, 4) is 44.5 Å². The Labute approximate surface area is 282 Å². The first-order valence-corrected chi connectivity index (χ1v) is 15.8. The first-order chi connectivity index (χ1) is 25.0. The van der Waals surface area contributed by atoms with Gasteiger partial charge in [0.2, 0.25) is 0 Å². The van der Waals surface area contributed by atoms with Crippen LogP contribution in [-0.2, 0) is 0 Å². The second-order valence-electron chi connectivity index (χ2n) is 11.5. The van der Waals surface area contributed by atoms with Gasteiger partial charge in [0.15, 0.2) is 0 Å². The summed E-state index contributed by atoms with van der Waals surface area (Å²) >= 11 is 0. The number of anilines is 3. The van der Waals surface area contributed by atoms with Crippen LogP contribution in [0.15, 0.2) is 200 Å². The van der Waals surface area contributed by atoms with Crippen LogP contribution in [0, 0.1) is 0 Å². The van der Waals surface area contributed by atoms with E-state index in [1.54, 1.807) is 0 Å². The Hall–Kier alpha value is -6.18. The molecule has 0 atom stereocenters. The molecular formula is C46H33N. The number of nitrogens with zero attached hydrogens (tertiary/aromatic N) is 1. The maximum absolute atomic E-state index is 9.50. The van der Waals surface area contributed by atoms with Gasteiger partial charge in [-0.25, -0.2) is 0 Å². The van der Waals surface area contributed by atoms with Gasteiger partial charge in [-0.05, 0) is 86.2 Å². The van der Waals surface area contributed by atoms with Crippen LogP contribution in [0.3, 0.4) is 0 Å². The molecule has 0 saturated carbocycles. The second kappa shape index (κ2) is 12.7. The van der Waals surface area contributed by atoms with Gasteiger partial charge in [0.25, 0.3) is 0 Å². The van der Waals surface area contributed by atoms with E-state index in [0.717, 1.165) is 55.5 Å². The molecule has 0 fully saturated rings. The summed E-state index contributed by atoms with van der Waals surface area (Å²) in [5.74, 6) is 0. The summed E-state index contributed by atoms with van der Waals surface area (Å²) in [6.07, 6.45) is 0. The third kappa shape index (κ3) is 5.72. The Morgan fingerprint density at radius 1 is 0.340 bits per heavy atom. The van der Waals surface area contributed by atoms with Gasteiger partial charge < -0.3 is 4.90 Å². The molecule has 0 spiro atoms. The largest absolute Gasteiger partial charge is 0.310 e. The van der Waals surface area contributed by atoms with Gasteiger partial charge >= 0.3 is 0 Å². The second-order valence-corrected chi connectivity index (χ2v) is 11.5. The average Bonchev–Trinajstić information content (AvgIpc) is 3.20. The van der Waals surface area contributed by atoms with Crippen molar-refractivity contribution < 1.29 is 5.48 Å². The fourth-order valence-corrected chi connectivity index (χ4v) is 6.21. The summed E-state index contributed by atoms with van der Waals surface area (Å²) < 4.78 is 37.8. The molecular weight excluding hydrogens is 567 g/mol. The number of benzene rings is 8. The molecule has 1 heteroatoms. The number of hydrogen-bond donors (Lipinski definition) is 0. The highest BCUT2D eigenvalue weighted by Gasteiger charge is 2.16. The molecule has 0 amide bonds. The smallest absolute Gasteiger partial charge is 0.0645 e. The molecule has 0 aliphatic rings. The molecule has 0 N–H and O–H groups in total. The van der Waals surface area contributed by atoms with Crippen LogP contribution in [-0.4, -0.2) is 0 Å². The zero-order valence-corrected chi connectivity index (χ0v) is 25.7. The standard InChI is InChI=1S/C46H33N/c1-4-13-34(14-5-1)35-23-28-41(29-24-35)47(46-22-12-20-38-19-10-11-21-44(38)46)42-30-25-36(26-31-42)40-27-32-43(37-15-6-2-7-16-37)45(33-40)39-17-8-3-9-18-39/h1-33H/i25D,26D,30D,31D. The van der Waals surface area contributed by atoms with Crippen LogP contribution in [0.5, 0.6) is 0 Å². The van der Waals surface area contributed by atoms with E-state index >= 15 is 0 Å². The Kier molecular flexibility index (Phi) is 6.50. The van der Waals surface area contributed by atoms with Crippen molar-refractivity contribution in [3.63, 3.8) is 0 Å². The molecule has 47 heavy (non-hydrogen) atoms. The van der Waals surface area contributed by atoms with Crippen molar-refractivity contribution in [2.24, 2.45) is 0 Å². The molecule has 0 radical (unpaired) electrons. The van der Waals surface area contributed by atoms with Crippen LogP contribution < -0.4 is 4.90 Å². The molecule has 222 valence electrons. The fourth-order valence-electron chi connectivity index (χ4n) is 6.21. The maximum Gasteiger partial charge on any atom is 0.0645 e. The van der Waals surface area contributed by atoms with Gasteiger partial charge in [0, 0.05) is 16.8 Å². The third-order valence-electron chi connectivity index (χ3n) is 8.55. The van der Waals surface area contributed by atoms with Crippen molar-refractivity contribution >= 4 is 27.8 Å². The van der Waals surface area contributed by atoms with Crippen molar-refractivity contribution in [2.75, 3.05) is 4.90 Å². The summed E-state index contributed by atoms with van der Waals surface area (Å²) in [4.78, 5) is 1.87. The van der Waals surface area contributed by atoms with E-state index in [-0.39, 0.29) is 35.4 Å². The minimum Gasteiger partial charge on any atom is -0.310 e. The predicted molar refractivity (Wildman–Crippen MR) is 200 cm³/mol. The predicted octanol–water partition coefficient (Wildman–Crippen LogP) is 13.0. The first-order valence-electron chi connectivity index (χ1n) is 17.8. The minimum absolute atomic E-state index is 0.0939. The van der Waals surface area contributed by atoms with E-state index < -0.39 is 0 Å². The highest BCUT2D eigenvalue weighted by Crippen LogP contribution is 2.41. The monoisotopic (exact) mass is 603 g/mol. The lowest BCUT2D eigenvalue weighted by atomic mass is 9.91. The molecule has 8 aromatic rings. The average molecular weight is 604 g/mol. The molecule has 0 heterocycles. The number of rotatable bonds is 7. The topological polar surface area (TPSA) is 3.24 Å². The lowest BCUT2D eigenvalue weighted by Gasteiger charge is -2.27. The Morgan fingerprint density at radius 2 is 0.872 bits per heavy atom. The molecule has 0 bridgehead atoms. The highest BCUT2D eigenvalue weighted by molar-refractivity contribution is 5.99. The molecule has 0 unspecified atom stereocenters. The van der Waals surface area contributed by atoms with E-state index in [0.29, 0.717) is 5.56 Å². The lowest BCUT2D eigenvalue weighted by molar-refractivity contribution is 1.30. The van der Waals surface area contributed by atoms with Crippen molar-refractivity contribution in [2.45, 2.75) is 0 Å². The van der Waals surface area contributed by atoms with Crippen molar-refractivity contribution in [3.05, 3.63) is 200 Å². The van der Waals surface area contributed by atoms with Gasteiger partial charge in [0.05, 0.1) is 11.2 Å². The zero-order valence-electron chi connectivity index (χ0n) is 29.7. The maximum atomic E-state index is 9.50. The highest BCUT2D eigenvalue weighted by atomic mass is 15.1. The first kappa shape index (κ1) is 24.1. The van der Waals surface area contributed by atoms with Crippen LogP contribution in [0.4, 0.5) is 17.1 Å². The van der Waals surface area contributed by atoms with Gasteiger partial charge in [0.1, 0.15) is 0 Å². The molecule has 8 rings (SSSR count). The summed E-state index contributed by atoms with van der Waals surface area (Å²) in [5, 5.41) is 1.96. The van der Waals surface area contributed by atoms with Crippen molar-refractivity contribution in [1.82, 2.24) is 0 Å². The molecule has 0 aliphatic carbocycles. The zero-order chi connectivity index (χ0) is 34.9. The van der Waals surface area contributed by atoms with E-state index in [4.69, 9.17) is 0 Å². The summed E-state index contributed by atoms with van der Waals surface area (Å²) in [6.45, 7) is 0. The van der Waals surface area contributed by atoms with E-state index in [2.05, 4.69) is 36.4 Å². The van der Waals surface area contributed by atoms with Gasteiger partial charge in [-0.15, -0.1) is 0 Å². The van der Waals surface area contributed by atoms with E-state index in [1.807, 2.05) is 144 Å². The van der Waals surface area contributed by atoms with Crippen LogP contribution in [0.25, 0.3) is 55.3 Å². The SMILES string of the molecule is [2H]c1c([2H])c(N(c2ccc(-c3ccccc3)cc2)c2cccc3ccccc23)c([2H])c([2H])c1-c1ccc(-c2ccccc2)c(-c2ccccc2)c1. The Morgan fingerprint density at radius 3 is 1.55 bits per heavy atom. The fraction of sp³-hybridized carbons (Fsp3) is 0. The van der Waals surface area contributed by atoms with E-state index in [1.165, 1.54) is 0 Å². The molecule has 1 nitrogen and oxygen atoms in total. The minimum atomic E-state index is -0.112. The number of hydrogen-bond acceptors (Lipinski definition) is 1. The summed E-state index contributed by atoms with van der Waals surface area (Å²) in [7, 11) is 0. The van der Waals surface area contributed by atoms with Crippen LogP contribution >= 0.6 is 0 Å². The lowest BCUT2D eigenvalue weighted by Crippen LogP contribution is -2.10. The molecule has 0 aromatic heterocycles.